The van der Waals surface area contributed by atoms with Crippen molar-refractivity contribution in [2.45, 2.75) is 24.7 Å². The zero-order valence-corrected chi connectivity index (χ0v) is 14.2. The Hall–Kier alpha value is -2.19. The van der Waals surface area contributed by atoms with Crippen molar-refractivity contribution in [3.8, 4) is 0 Å². The van der Waals surface area contributed by atoms with E-state index in [1.54, 1.807) is 19.1 Å². The van der Waals surface area contributed by atoms with E-state index in [1.165, 1.54) is 28.6 Å². The van der Waals surface area contributed by atoms with E-state index in [4.69, 9.17) is 4.74 Å². The number of nitrogens with one attached hydrogen (secondary N) is 1. The summed E-state index contributed by atoms with van der Waals surface area (Å²) in [6.45, 7) is 2.25. The number of carbonyl (C=O) groups is 2. The van der Waals surface area contributed by atoms with Gasteiger partial charge in [-0.15, -0.1) is 0 Å². The van der Waals surface area contributed by atoms with Crippen LogP contribution in [-0.2, 0) is 24.3 Å². The fourth-order valence-electron chi connectivity index (χ4n) is 2.33. The van der Waals surface area contributed by atoms with Crippen LogP contribution in [0.5, 0.6) is 0 Å². The van der Waals surface area contributed by atoms with Gasteiger partial charge in [0.05, 0.1) is 4.90 Å². The Morgan fingerprint density at radius 1 is 1.29 bits per heavy atom. The third-order valence-electron chi connectivity index (χ3n) is 3.47. The van der Waals surface area contributed by atoms with Crippen LogP contribution in [0.1, 0.15) is 19.8 Å². The fourth-order valence-corrected chi connectivity index (χ4v) is 3.89. The minimum Gasteiger partial charge on any atom is -0.452 e. The molecule has 0 saturated carbocycles. The average Bonchev–Trinajstić information content (AvgIpc) is 3.09. The zero-order valence-electron chi connectivity index (χ0n) is 13.4. The molecule has 0 radical (unpaired) electrons. The second-order valence-electron chi connectivity index (χ2n) is 5.29. The Morgan fingerprint density at radius 3 is 2.67 bits per heavy atom. The standard InChI is InChI=1S/C16H20N2O5S/c1-2-6-16(20)23-12-15(19)17-13-7-5-8-14(11-13)24(21,22)18-9-3-4-10-18/h2,5-8,11H,3-4,9-10,12H2,1H3,(H,17,19)/b6-2+. The van der Waals surface area contributed by atoms with Crippen molar-refractivity contribution in [1.82, 2.24) is 4.31 Å². The first-order chi connectivity index (χ1) is 11.4. The molecule has 0 unspecified atom stereocenters. The van der Waals surface area contributed by atoms with Crippen molar-refractivity contribution in [2.75, 3.05) is 25.0 Å². The van der Waals surface area contributed by atoms with Crippen molar-refractivity contribution >= 4 is 27.6 Å². The summed E-state index contributed by atoms with van der Waals surface area (Å²) >= 11 is 0. The normalized spacial score (nSPS) is 15.5. The lowest BCUT2D eigenvalue weighted by atomic mass is 10.3. The molecule has 0 bridgehead atoms. The summed E-state index contributed by atoms with van der Waals surface area (Å²) in [5.41, 5.74) is 0.336. The molecule has 2 rings (SSSR count). The molecule has 1 aromatic carbocycles. The summed E-state index contributed by atoms with van der Waals surface area (Å²) in [7, 11) is -3.54. The van der Waals surface area contributed by atoms with E-state index in [0.717, 1.165) is 12.8 Å². The fraction of sp³-hybridized carbons (Fsp3) is 0.375. The van der Waals surface area contributed by atoms with E-state index in [9.17, 15) is 18.0 Å². The molecule has 7 nitrogen and oxygen atoms in total. The molecule has 0 aromatic heterocycles. The van der Waals surface area contributed by atoms with E-state index >= 15 is 0 Å². The molecule has 0 aliphatic carbocycles. The molecule has 0 spiro atoms. The number of allylic oxidation sites excluding steroid dienone is 1. The summed E-state index contributed by atoms with van der Waals surface area (Å²) in [5, 5.41) is 2.52. The quantitative estimate of drug-likeness (QED) is 0.619. The predicted octanol–water partition coefficient (Wildman–Crippen LogP) is 1.53. The number of rotatable bonds is 6. The molecule has 1 aromatic rings. The van der Waals surface area contributed by atoms with Crippen LogP contribution in [0.4, 0.5) is 5.69 Å². The smallest absolute Gasteiger partial charge is 0.330 e. The Labute approximate surface area is 141 Å². The van der Waals surface area contributed by atoms with Crippen molar-refractivity contribution in [3.63, 3.8) is 0 Å². The third-order valence-corrected chi connectivity index (χ3v) is 5.36. The summed E-state index contributed by atoms with van der Waals surface area (Å²) in [6.07, 6.45) is 4.42. The van der Waals surface area contributed by atoms with Gasteiger partial charge >= 0.3 is 5.97 Å². The maximum absolute atomic E-state index is 12.5. The van der Waals surface area contributed by atoms with Gasteiger partial charge in [-0.2, -0.15) is 4.31 Å². The molecule has 1 aliphatic heterocycles. The summed E-state index contributed by atoms with van der Waals surface area (Å²) in [4.78, 5) is 23.1. The second kappa shape index (κ2) is 8.07. The molecule has 1 N–H and O–H groups in total. The first kappa shape index (κ1) is 18.2. The third kappa shape index (κ3) is 4.65. The number of benzene rings is 1. The van der Waals surface area contributed by atoms with Gasteiger partial charge in [-0.05, 0) is 38.0 Å². The molecule has 24 heavy (non-hydrogen) atoms. The van der Waals surface area contributed by atoms with E-state index in [1.807, 2.05) is 0 Å². The van der Waals surface area contributed by atoms with Crippen LogP contribution in [0.3, 0.4) is 0 Å². The van der Waals surface area contributed by atoms with Crippen molar-refractivity contribution in [3.05, 3.63) is 36.4 Å². The van der Waals surface area contributed by atoms with Crippen LogP contribution in [-0.4, -0.2) is 44.3 Å². The predicted molar refractivity (Wildman–Crippen MR) is 88.8 cm³/mol. The first-order valence-corrected chi connectivity index (χ1v) is 9.07. The molecule has 130 valence electrons. The topological polar surface area (TPSA) is 92.8 Å². The number of hydrogen-bond donors (Lipinski definition) is 1. The lowest BCUT2D eigenvalue weighted by molar-refractivity contribution is -0.142. The van der Waals surface area contributed by atoms with Gasteiger partial charge in [0, 0.05) is 24.9 Å². The Bertz CT molecular complexity index is 737. The Morgan fingerprint density at radius 2 is 2.00 bits per heavy atom. The highest BCUT2D eigenvalue weighted by molar-refractivity contribution is 7.89. The van der Waals surface area contributed by atoms with Crippen molar-refractivity contribution < 1.29 is 22.7 Å². The van der Waals surface area contributed by atoms with Gasteiger partial charge in [0.15, 0.2) is 6.61 Å². The number of hydrogen-bond acceptors (Lipinski definition) is 5. The molecule has 1 aliphatic rings. The lowest BCUT2D eigenvalue weighted by Gasteiger charge is -2.16. The van der Waals surface area contributed by atoms with Crippen LogP contribution in [0.15, 0.2) is 41.3 Å². The number of esters is 1. The SMILES string of the molecule is C/C=C/C(=O)OCC(=O)Nc1cccc(S(=O)(=O)N2CCCC2)c1. The number of carbonyl (C=O) groups excluding carboxylic acids is 2. The van der Waals surface area contributed by atoms with Gasteiger partial charge in [0.25, 0.3) is 5.91 Å². The van der Waals surface area contributed by atoms with Gasteiger partial charge in [0.1, 0.15) is 0 Å². The number of ether oxygens (including phenoxy) is 1. The Kier molecular flexibility index (Phi) is 6.10. The van der Waals surface area contributed by atoms with Gasteiger partial charge in [-0.25, -0.2) is 13.2 Å². The van der Waals surface area contributed by atoms with Gasteiger partial charge in [-0.3, -0.25) is 4.79 Å². The van der Waals surface area contributed by atoms with Crippen LogP contribution in [0.25, 0.3) is 0 Å². The van der Waals surface area contributed by atoms with Gasteiger partial charge in [-0.1, -0.05) is 12.1 Å². The van der Waals surface area contributed by atoms with Crippen molar-refractivity contribution in [2.24, 2.45) is 0 Å². The largest absolute Gasteiger partial charge is 0.452 e. The van der Waals surface area contributed by atoms with E-state index in [-0.39, 0.29) is 4.90 Å². The maximum atomic E-state index is 12.5. The molecule has 1 amide bonds. The minimum absolute atomic E-state index is 0.133. The second-order valence-corrected chi connectivity index (χ2v) is 7.23. The monoisotopic (exact) mass is 352 g/mol. The average molecular weight is 352 g/mol. The summed E-state index contributed by atoms with van der Waals surface area (Å²) in [6, 6.07) is 6.04. The number of nitrogens with zero attached hydrogens (tertiary/aromatic N) is 1. The molecule has 8 heteroatoms. The van der Waals surface area contributed by atoms with E-state index < -0.39 is 28.5 Å². The van der Waals surface area contributed by atoms with Crippen LogP contribution >= 0.6 is 0 Å². The molecular formula is C16H20N2O5S. The van der Waals surface area contributed by atoms with Crippen LogP contribution in [0, 0.1) is 0 Å². The molecule has 1 saturated heterocycles. The molecule has 1 heterocycles. The minimum atomic E-state index is -3.54. The van der Waals surface area contributed by atoms with Gasteiger partial charge < -0.3 is 10.1 Å². The highest BCUT2D eigenvalue weighted by Crippen LogP contribution is 2.23. The molecule has 1 fully saturated rings. The number of anilines is 1. The summed E-state index contributed by atoms with van der Waals surface area (Å²) in [5.74, 6) is -1.15. The maximum Gasteiger partial charge on any atom is 0.330 e. The van der Waals surface area contributed by atoms with E-state index in [2.05, 4.69) is 5.32 Å². The van der Waals surface area contributed by atoms with Crippen LogP contribution < -0.4 is 5.32 Å². The van der Waals surface area contributed by atoms with Crippen LogP contribution in [0.2, 0.25) is 0 Å². The summed E-state index contributed by atoms with van der Waals surface area (Å²) < 4.78 is 31.2. The number of amides is 1. The lowest BCUT2D eigenvalue weighted by Crippen LogP contribution is -2.28. The molecular weight excluding hydrogens is 332 g/mol. The number of sulfonamides is 1. The first-order valence-electron chi connectivity index (χ1n) is 7.63. The zero-order chi connectivity index (χ0) is 17.6. The van der Waals surface area contributed by atoms with Crippen molar-refractivity contribution in [1.29, 1.82) is 0 Å². The van der Waals surface area contributed by atoms with E-state index in [0.29, 0.717) is 18.8 Å². The highest BCUT2D eigenvalue weighted by atomic mass is 32.2. The van der Waals surface area contributed by atoms with Gasteiger partial charge in [0.2, 0.25) is 10.0 Å². The highest BCUT2D eigenvalue weighted by Gasteiger charge is 2.27. The molecule has 0 atom stereocenters. The Balaban J connectivity index is 2.02.